The number of nitrogens with zero attached hydrogens (tertiary/aromatic N) is 1. The number of halogens is 1. The highest BCUT2D eigenvalue weighted by Gasteiger charge is 2.21. The summed E-state index contributed by atoms with van der Waals surface area (Å²) >= 11 is 6.41. The van der Waals surface area contributed by atoms with Gasteiger partial charge in [-0.2, -0.15) is 0 Å². The van der Waals surface area contributed by atoms with Gasteiger partial charge in [-0.25, -0.2) is 0 Å². The molecule has 0 heterocycles. The summed E-state index contributed by atoms with van der Waals surface area (Å²) in [6.07, 6.45) is 5.30. The fourth-order valence-corrected chi connectivity index (χ4v) is 3.02. The zero-order chi connectivity index (χ0) is 13.7. The lowest BCUT2D eigenvalue weighted by Gasteiger charge is -2.32. The first-order valence-corrected chi connectivity index (χ1v) is 7.79. The Bertz CT molecular complexity index is 402. The van der Waals surface area contributed by atoms with Crippen molar-refractivity contribution < 1.29 is 0 Å². The predicted octanol–water partition coefficient (Wildman–Crippen LogP) is 4.08. The first kappa shape index (κ1) is 14.7. The number of rotatable bonds is 7. The van der Waals surface area contributed by atoms with Crippen LogP contribution < -0.4 is 10.2 Å². The van der Waals surface area contributed by atoms with Crippen molar-refractivity contribution in [1.82, 2.24) is 5.32 Å². The summed E-state index contributed by atoms with van der Waals surface area (Å²) in [4.78, 5) is 2.34. The zero-order valence-electron chi connectivity index (χ0n) is 12.1. The lowest BCUT2D eigenvalue weighted by molar-refractivity contribution is 0.321. The highest BCUT2D eigenvalue weighted by atomic mass is 35.5. The van der Waals surface area contributed by atoms with Gasteiger partial charge in [-0.15, -0.1) is 0 Å². The van der Waals surface area contributed by atoms with Crippen molar-refractivity contribution in [2.75, 3.05) is 25.0 Å². The quantitative estimate of drug-likeness (QED) is 0.757. The molecule has 106 valence electrons. The molecule has 0 aliphatic heterocycles. The Hall–Kier alpha value is -0.730. The normalized spacial score (nSPS) is 15.3. The van der Waals surface area contributed by atoms with E-state index in [2.05, 4.69) is 30.3 Å². The van der Waals surface area contributed by atoms with E-state index in [0.717, 1.165) is 37.0 Å². The van der Waals surface area contributed by atoms with Gasteiger partial charge >= 0.3 is 0 Å². The Morgan fingerprint density at radius 2 is 2.16 bits per heavy atom. The Labute approximate surface area is 122 Å². The maximum Gasteiger partial charge on any atom is 0.0642 e. The second-order valence-electron chi connectivity index (χ2n) is 5.60. The molecular weight excluding hydrogens is 256 g/mol. The van der Waals surface area contributed by atoms with Crippen molar-refractivity contribution in [2.24, 2.45) is 5.92 Å². The summed E-state index contributed by atoms with van der Waals surface area (Å²) in [6, 6.07) is 6.23. The Balaban J connectivity index is 2.06. The van der Waals surface area contributed by atoms with Crippen LogP contribution in [0.3, 0.4) is 0 Å². The number of hydrogen-bond donors (Lipinski definition) is 1. The molecule has 0 aromatic heterocycles. The van der Waals surface area contributed by atoms with Crippen LogP contribution in [0.4, 0.5) is 5.69 Å². The molecule has 1 aromatic rings. The lowest BCUT2D eigenvalue weighted by Crippen LogP contribution is -2.30. The summed E-state index contributed by atoms with van der Waals surface area (Å²) in [5.74, 6) is 0.859. The molecule has 1 N–H and O–H groups in total. The van der Waals surface area contributed by atoms with Gasteiger partial charge in [0.2, 0.25) is 0 Å². The fraction of sp³-hybridized carbons (Fsp3) is 0.625. The van der Waals surface area contributed by atoms with Gasteiger partial charge in [0.1, 0.15) is 0 Å². The summed E-state index contributed by atoms with van der Waals surface area (Å²) in [6.45, 7) is 5.27. The largest absolute Gasteiger partial charge is 0.373 e. The van der Waals surface area contributed by atoms with E-state index in [1.807, 2.05) is 12.1 Å². The molecule has 0 radical (unpaired) electrons. The number of anilines is 1. The van der Waals surface area contributed by atoms with Crippen LogP contribution in [-0.4, -0.2) is 20.1 Å². The molecule has 1 saturated carbocycles. The maximum atomic E-state index is 6.41. The van der Waals surface area contributed by atoms with E-state index in [4.69, 9.17) is 11.6 Å². The molecular formula is C16H25ClN2. The summed E-state index contributed by atoms with van der Waals surface area (Å²) < 4.78 is 0. The molecule has 0 amide bonds. The van der Waals surface area contributed by atoms with Crippen molar-refractivity contribution in [2.45, 2.75) is 39.2 Å². The Morgan fingerprint density at radius 3 is 2.79 bits per heavy atom. The smallest absolute Gasteiger partial charge is 0.0642 e. The number of nitrogens with one attached hydrogen (secondary N) is 1. The summed E-state index contributed by atoms with van der Waals surface area (Å²) in [7, 11) is 2.17. The van der Waals surface area contributed by atoms with E-state index in [9.17, 15) is 0 Å². The minimum Gasteiger partial charge on any atom is -0.373 e. The number of para-hydroxylation sites is 1. The van der Waals surface area contributed by atoms with Crippen molar-refractivity contribution in [3.8, 4) is 0 Å². The van der Waals surface area contributed by atoms with E-state index in [0.29, 0.717) is 0 Å². The van der Waals surface area contributed by atoms with Crippen LogP contribution in [0.5, 0.6) is 0 Å². The van der Waals surface area contributed by atoms with Crippen molar-refractivity contribution in [3.63, 3.8) is 0 Å². The van der Waals surface area contributed by atoms with Crippen molar-refractivity contribution in [1.29, 1.82) is 0 Å². The number of benzene rings is 1. The third kappa shape index (κ3) is 3.87. The predicted molar refractivity (Wildman–Crippen MR) is 84.1 cm³/mol. The second-order valence-corrected chi connectivity index (χ2v) is 6.01. The molecule has 2 rings (SSSR count). The van der Waals surface area contributed by atoms with Crippen LogP contribution in [0.2, 0.25) is 5.02 Å². The van der Waals surface area contributed by atoms with E-state index < -0.39 is 0 Å². The van der Waals surface area contributed by atoms with E-state index in [1.54, 1.807) is 0 Å². The molecule has 0 saturated heterocycles. The Morgan fingerprint density at radius 1 is 1.37 bits per heavy atom. The molecule has 1 aliphatic rings. The number of hydrogen-bond acceptors (Lipinski definition) is 2. The molecule has 1 aromatic carbocycles. The SMILES string of the molecule is CCCNCc1cccc(Cl)c1N(C)CC1CCC1. The van der Waals surface area contributed by atoms with Crippen molar-refractivity contribution in [3.05, 3.63) is 28.8 Å². The van der Waals surface area contributed by atoms with Crippen LogP contribution >= 0.6 is 11.6 Å². The molecule has 0 bridgehead atoms. The van der Waals surface area contributed by atoms with Gasteiger partial charge in [0.25, 0.3) is 0 Å². The van der Waals surface area contributed by atoms with E-state index in [-0.39, 0.29) is 0 Å². The van der Waals surface area contributed by atoms with Gasteiger partial charge in [0.15, 0.2) is 0 Å². The minimum atomic E-state index is 0.859. The zero-order valence-corrected chi connectivity index (χ0v) is 12.8. The molecule has 19 heavy (non-hydrogen) atoms. The average molecular weight is 281 g/mol. The molecule has 0 spiro atoms. The molecule has 3 heteroatoms. The van der Waals surface area contributed by atoms with E-state index in [1.165, 1.54) is 30.5 Å². The standard InChI is InChI=1S/C16H25ClN2/c1-3-10-18-11-14-8-5-9-15(17)16(14)19(2)12-13-6-4-7-13/h5,8-9,13,18H,3-4,6-7,10-12H2,1-2H3. The van der Waals surface area contributed by atoms with Gasteiger partial charge in [-0.05, 0) is 43.4 Å². The lowest BCUT2D eigenvalue weighted by atomic mass is 9.85. The van der Waals surface area contributed by atoms with E-state index >= 15 is 0 Å². The van der Waals surface area contributed by atoms with Crippen LogP contribution in [0, 0.1) is 5.92 Å². The van der Waals surface area contributed by atoms with Crippen LogP contribution in [0.25, 0.3) is 0 Å². The molecule has 0 unspecified atom stereocenters. The Kier molecular flexibility index (Phi) is 5.53. The van der Waals surface area contributed by atoms with Crippen LogP contribution in [0.1, 0.15) is 38.2 Å². The summed E-state index contributed by atoms with van der Waals surface area (Å²) in [5, 5.41) is 4.34. The average Bonchev–Trinajstić information content (AvgIpc) is 2.34. The van der Waals surface area contributed by atoms with Gasteiger partial charge in [0, 0.05) is 20.1 Å². The second kappa shape index (κ2) is 7.16. The summed E-state index contributed by atoms with van der Waals surface area (Å²) in [5.41, 5.74) is 2.52. The highest BCUT2D eigenvalue weighted by molar-refractivity contribution is 6.33. The topological polar surface area (TPSA) is 15.3 Å². The first-order valence-electron chi connectivity index (χ1n) is 7.41. The monoisotopic (exact) mass is 280 g/mol. The van der Waals surface area contributed by atoms with Crippen LogP contribution in [-0.2, 0) is 6.54 Å². The molecule has 1 fully saturated rings. The van der Waals surface area contributed by atoms with Gasteiger partial charge < -0.3 is 10.2 Å². The van der Waals surface area contributed by atoms with Crippen LogP contribution in [0.15, 0.2) is 18.2 Å². The molecule has 0 atom stereocenters. The third-order valence-electron chi connectivity index (χ3n) is 3.95. The van der Waals surface area contributed by atoms with Gasteiger partial charge in [-0.1, -0.05) is 37.1 Å². The fourth-order valence-electron chi connectivity index (χ4n) is 2.68. The van der Waals surface area contributed by atoms with Crippen molar-refractivity contribution >= 4 is 17.3 Å². The van der Waals surface area contributed by atoms with Gasteiger partial charge in [0.05, 0.1) is 10.7 Å². The molecule has 2 nitrogen and oxygen atoms in total. The first-order chi connectivity index (χ1) is 9.22. The molecule has 1 aliphatic carbocycles. The third-order valence-corrected chi connectivity index (χ3v) is 4.26. The maximum absolute atomic E-state index is 6.41. The minimum absolute atomic E-state index is 0.859. The highest BCUT2D eigenvalue weighted by Crippen LogP contribution is 2.33. The van der Waals surface area contributed by atoms with Gasteiger partial charge in [-0.3, -0.25) is 0 Å².